The number of carbonyl (C=O) groups is 1. The first kappa shape index (κ1) is 13.8. The van der Waals surface area contributed by atoms with Gasteiger partial charge in [-0.2, -0.15) is 0 Å². The lowest BCUT2D eigenvalue weighted by molar-refractivity contribution is 0.256. The zero-order valence-electron chi connectivity index (χ0n) is 11.8. The highest BCUT2D eigenvalue weighted by Gasteiger charge is 2.11. The van der Waals surface area contributed by atoms with Gasteiger partial charge in [0, 0.05) is 11.4 Å². The Morgan fingerprint density at radius 2 is 1.90 bits per heavy atom. The van der Waals surface area contributed by atoms with Crippen LogP contribution in [0.3, 0.4) is 0 Å². The molecule has 2 N–H and O–H groups in total. The number of hydrogen-bond donors (Lipinski definition) is 2. The van der Waals surface area contributed by atoms with E-state index in [-0.39, 0.29) is 6.03 Å². The zero-order valence-corrected chi connectivity index (χ0v) is 12.6. The molecule has 0 radical (unpaired) electrons. The highest BCUT2D eigenvalue weighted by Crippen LogP contribution is 2.17. The minimum atomic E-state index is -0.292. The third-order valence-corrected chi connectivity index (χ3v) is 4.03. The number of carbonyl (C=O) groups excluding carboxylic acids is 1. The third kappa shape index (κ3) is 3.13. The van der Waals surface area contributed by atoms with Crippen LogP contribution in [0.2, 0.25) is 0 Å². The lowest BCUT2D eigenvalue weighted by Crippen LogP contribution is -2.31. The molecular weight excluding hydrogens is 286 g/mol. The summed E-state index contributed by atoms with van der Waals surface area (Å²) in [6.07, 6.45) is 0. The Labute approximate surface area is 126 Å². The fraction of sp³-hybridized carbons (Fsp3) is 0.286. The highest BCUT2D eigenvalue weighted by atomic mass is 32.2. The van der Waals surface area contributed by atoms with Crippen molar-refractivity contribution in [2.24, 2.45) is 4.99 Å². The van der Waals surface area contributed by atoms with E-state index in [1.54, 1.807) is 11.8 Å². The van der Waals surface area contributed by atoms with Crippen LogP contribution in [0, 0.1) is 13.8 Å². The number of rotatable bonds is 1. The number of nitrogens with one attached hydrogen (secondary N) is 2. The van der Waals surface area contributed by atoms with Crippen molar-refractivity contribution in [3.8, 4) is 0 Å². The second kappa shape index (κ2) is 5.69. The molecule has 2 aromatic rings. The van der Waals surface area contributed by atoms with Crippen LogP contribution < -0.4 is 10.6 Å². The van der Waals surface area contributed by atoms with Gasteiger partial charge in [-0.15, -0.1) is 0 Å². The lowest BCUT2D eigenvalue weighted by Gasteiger charge is -2.08. The van der Waals surface area contributed by atoms with Crippen molar-refractivity contribution in [2.45, 2.75) is 13.8 Å². The van der Waals surface area contributed by atoms with E-state index in [4.69, 9.17) is 0 Å². The van der Waals surface area contributed by atoms with Crippen LogP contribution in [0.4, 0.5) is 10.5 Å². The monoisotopic (exact) mass is 301 g/mol. The molecule has 1 aliphatic rings. The number of thioether (sulfide) groups is 1. The predicted molar refractivity (Wildman–Crippen MR) is 85.9 cm³/mol. The highest BCUT2D eigenvalue weighted by molar-refractivity contribution is 8.14. The zero-order chi connectivity index (χ0) is 14.8. The van der Waals surface area contributed by atoms with Crippen molar-refractivity contribution >= 4 is 39.7 Å². The van der Waals surface area contributed by atoms with E-state index in [0.29, 0.717) is 10.9 Å². The van der Waals surface area contributed by atoms with Crippen LogP contribution >= 0.6 is 11.8 Å². The normalized spacial score (nSPS) is 14.1. The van der Waals surface area contributed by atoms with E-state index in [1.807, 2.05) is 32.0 Å². The maximum atomic E-state index is 11.9. The van der Waals surface area contributed by atoms with Gasteiger partial charge >= 0.3 is 6.03 Å². The van der Waals surface area contributed by atoms with E-state index in [2.05, 4.69) is 25.6 Å². The molecule has 0 unspecified atom stereocenters. The molecule has 0 atom stereocenters. The quantitative estimate of drug-likeness (QED) is 0.848. The number of benzene rings is 1. The minimum Gasteiger partial charge on any atom is -0.308 e. The summed E-state index contributed by atoms with van der Waals surface area (Å²) in [5.74, 6) is 0.916. The summed E-state index contributed by atoms with van der Waals surface area (Å²) in [4.78, 5) is 25.0. The van der Waals surface area contributed by atoms with E-state index in [1.165, 1.54) is 0 Å². The van der Waals surface area contributed by atoms with Gasteiger partial charge in [-0.05, 0) is 32.0 Å². The van der Waals surface area contributed by atoms with E-state index in [9.17, 15) is 4.79 Å². The molecule has 0 spiro atoms. The average Bonchev–Trinajstić information content (AvgIpc) is 2.93. The molecular formula is C14H15N5OS. The molecule has 0 saturated carbocycles. The van der Waals surface area contributed by atoms with Crippen molar-refractivity contribution in [3.63, 3.8) is 0 Å². The molecule has 0 bridgehead atoms. The molecule has 1 aromatic heterocycles. The van der Waals surface area contributed by atoms with Crippen molar-refractivity contribution in [1.82, 2.24) is 15.3 Å². The Morgan fingerprint density at radius 1 is 1.14 bits per heavy atom. The number of nitrogens with zero attached hydrogens (tertiary/aromatic N) is 3. The Balaban J connectivity index is 1.77. The van der Waals surface area contributed by atoms with Crippen LogP contribution in [0.5, 0.6) is 0 Å². The van der Waals surface area contributed by atoms with Crippen LogP contribution in [0.15, 0.2) is 23.2 Å². The summed E-state index contributed by atoms with van der Waals surface area (Å²) >= 11 is 1.54. The summed E-state index contributed by atoms with van der Waals surface area (Å²) in [7, 11) is 0. The number of aromatic nitrogens is 2. The molecule has 0 aliphatic carbocycles. The molecule has 2 heterocycles. The molecule has 1 aromatic carbocycles. The Hall–Kier alpha value is -2.15. The van der Waals surface area contributed by atoms with Gasteiger partial charge in [0.05, 0.1) is 29.0 Å². The minimum absolute atomic E-state index is 0.292. The standard InChI is InChI=1S/C14H15N5OS/c1-8-9(2)17-12-7-10(3-4-11(12)16-8)18-13(20)19-14-15-5-6-21-14/h3-4,7H,5-6H2,1-2H3,(H2,15,18,19,20). The van der Waals surface area contributed by atoms with Crippen molar-refractivity contribution in [2.75, 3.05) is 17.6 Å². The fourth-order valence-corrected chi connectivity index (χ4v) is 2.70. The average molecular weight is 301 g/mol. The van der Waals surface area contributed by atoms with Crippen LogP contribution in [-0.4, -0.2) is 33.5 Å². The van der Waals surface area contributed by atoms with Gasteiger partial charge < -0.3 is 5.32 Å². The number of aryl methyl sites for hydroxylation is 2. The molecule has 6 nitrogen and oxygen atoms in total. The van der Waals surface area contributed by atoms with Gasteiger partial charge in [-0.25, -0.2) is 14.8 Å². The van der Waals surface area contributed by atoms with E-state index in [0.717, 1.165) is 34.7 Å². The summed E-state index contributed by atoms with van der Waals surface area (Å²) in [5.41, 5.74) is 4.07. The number of aliphatic imine (C=N–C) groups is 1. The number of fused-ring (bicyclic) bond motifs is 1. The topological polar surface area (TPSA) is 79.3 Å². The van der Waals surface area contributed by atoms with Gasteiger partial charge in [-0.3, -0.25) is 10.3 Å². The Morgan fingerprint density at radius 3 is 2.62 bits per heavy atom. The van der Waals surface area contributed by atoms with Gasteiger partial charge in [0.1, 0.15) is 0 Å². The van der Waals surface area contributed by atoms with Gasteiger partial charge in [-0.1, -0.05) is 11.8 Å². The largest absolute Gasteiger partial charge is 0.325 e. The SMILES string of the molecule is Cc1nc2ccc(NC(=O)NC3=NCCS3)cc2nc1C. The summed E-state index contributed by atoms with van der Waals surface area (Å²) in [5, 5.41) is 6.17. The smallest absolute Gasteiger partial charge is 0.308 e. The first-order chi connectivity index (χ1) is 10.1. The summed E-state index contributed by atoms with van der Waals surface area (Å²) < 4.78 is 0. The maximum Gasteiger partial charge on any atom is 0.325 e. The predicted octanol–water partition coefficient (Wildman–Crippen LogP) is 2.47. The maximum absolute atomic E-state index is 11.9. The van der Waals surface area contributed by atoms with Crippen LogP contribution in [0.25, 0.3) is 11.0 Å². The fourth-order valence-electron chi connectivity index (χ4n) is 1.98. The van der Waals surface area contributed by atoms with Crippen molar-refractivity contribution in [1.29, 1.82) is 0 Å². The summed E-state index contributed by atoms with van der Waals surface area (Å²) in [6.45, 7) is 4.61. The van der Waals surface area contributed by atoms with E-state index < -0.39 is 0 Å². The third-order valence-electron chi connectivity index (χ3n) is 3.14. The van der Waals surface area contributed by atoms with Gasteiger partial charge in [0.2, 0.25) is 0 Å². The number of urea groups is 1. The van der Waals surface area contributed by atoms with Gasteiger partial charge in [0.25, 0.3) is 0 Å². The molecule has 0 saturated heterocycles. The summed E-state index contributed by atoms with van der Waals surface area (Å²) in [6, 6.07) is 5.19. The number of anilines is 1. The first-order valence-electron chi connectivity index (χ1n) is 6.62. The Bertz CT molecular complexity index is 743. The number of amidine groups is 1. The molecule has 108 valence electrons. The van der Waals surface area contributed by atoms with Crippen molar-refractivity contribution in [3.05, 3.63) is 29.6 Å². The molecule has 1 aliphatic heterocycles. The second-order valence-electron chi connectivity index (χ2n) is 4.71. The molecule has 3 rings (SSSR count). The van der Waals surface area contributed by atoms with Gasteiger partial charge in [0.15, 0.2) is 5.17 Å². The molecule has 0 fully saturated rings. The van der Waals surface area contributed by atoms with Crippen molar-refractivity contribution < 1.29 is 4.79 Å². The van der Waals surface area contributed by atoms with Crippen LogP contribution in [0.1, 0.15) is 11.4 Å². The Kier molecular flexibility index (Phi) is 3.74. The van der Waals surface area contributed by atoms with E-state index >= 15 is 0 Å². The number of hydrogen-bond acceptors (Lipinski definition) is 5. The van der Waals surface area contributed by atoms with Crippen LogP contribution in [-0.2, 0) is 0 Å². The molecule has 21 heavy (non-hydrogen) atoms. The molecule has 7 heteroatoms. The molecule has 2 amide bonds. The first-order valence-corrected chi connectivity index (χ1v) is 7.60. The number of amides is 2. The lowest BCUT2D eigenvalue weighted by atomic mass is 10.2. The second-order valence-corrected chi connectivity index (χ2v) is 5.80.